The van der Waals surface area contributed by atoms with Crippen molar-refractivity contribution in [2.45, 2.75) is 25.0 Å². The molecule has 0 unspecified atom stereocenters. The molecule has 2 aliphatic heterocycles. The second-order valence-electron chi connectivity index (χ2n) is 7.52. The zero-order valence-electron chi connectivity index (χ0n) is 15.5. The molecule has 2 heterocycles. The van der Waals surface area contributed by atoms with Crippen molar-refractivity contribution in [3.63, 3.8) is 0 Å². The molecular weight excluding hydrogens is 318 g/mol. The van der Waals surface area contributed by atoms with Gasteiger partial charge in [0, 0.05) is 26.7 Å². The Hall–Kier alpha value is -1.79. The van der Waals surface area contributed by atoms with Crippen molar-refractivity contribution in [2.75, 3.05) is 53.9 Å². The van der Waals surface area contributed by atoms with Gasteiger partial charge in [-0.15, -0.1) is 0 Å². The fraction of sp³-hybridized carbons (Fsp3) is 0.632. The predicted molar refractivity (Wildman–Crippen MR) is 96.8 cm³/mol. The molecule has 1 spiro atoms. The Morgan fingerprint density at radius 3 is 2.88 bits per heavy atom. The molecule has 2 saturated heterocycles. The van der Waals surface area contributed by atoms with Gasteiger partial charge >= 0.3 is 6.09 Å². The van der Waals surface area contributed by atoms with E-state index in [1.165, 1.54) is 5.56 Å². The molecule has 1 amide bonds. The van der Waals surface area contributed by atoms with E-state index in [2.05, 4.69) is 21.9 Å². The second kappa shape index (κ2) is 7.62. The summed E-state index contributed by atoms with van der Waals surface area (Å²) in [7, 11) is 5.89. The van der Waals surface area contributed by atoms with E-state index in [9.17, 15) is 4.79 Å². The standard InChI is InChI=1S/C19H29N3O3/c1-20(2)10-11-24-17-7-4-6-16(12-17)13-22-9-5-8-19(15-22)14-21(3)18(23)25-19/h4,6-7,12H,5,8-11,13-15H2,1-3H3/t19-/m0/s1. The van der Waals surface area contributed by atoms with E-state index in [0.717, 1.165) is 44.8 Å². The average molecular weight is 347 g/mol. The number of amides is 1. The SMILES string of the molecule is CN(C)CCOc1cccc(CN2CCC[C@@]3(C2)CN(C)C(=O)O3)c1. The Bertz CT molecular complexity index is 607. The van der Waals surface area contributed by atoms with Crippen LogP contribution in [0.5, 0.6) is 5.75 Å². The van der Waals surface area contributed by atoms with Crippen molar-refractivity contribution >= 4 is 6.09 Å². The zero-order chi connectivity index (χ0) is 17.9. The van der Waals surface area contributed by atoms with Crippen molar-refractivity contribution in [3.8, 4) is 5.75 Å². The molecule has 3 rings (SSSR count). The number of benzene rings is 1. The van der Waals surface area contributed by atoms with Gasteiger partial charge in [0.2, 0.25) is 0 Å². The van der Waals surface area contributed by atoms with Crippen molar-refractivity contribution in [1.29, 1.82) is 0 Å². The smallest absolute Gasteiger partial charge is 0.410 e. The Labute approximate surface area is 150 Å². The number of likely N-dealkylation sites (N-methyl/N-ethyl adjacent to an activating group) is 2. The van der Waals surface area contributed by atoms with E-state index in [1.807, 2.05) is 33.3 Å². The topological polar surface area (TPSA) is 45.2 Å². The molecule has 0 aliphatic carbocycles. The van der Waals surface area contributed by atoms with Gasteiger partial charge in [-0.25, -0.2) is 4.79 Å². The van der Waals surface area contributed by atoms with Crippen LogP contribution in [-0.4, -0.2) is 80.3 Å². The Balaban J connectivity index is 1.57. The molecule has 25 heavy (non-hydrogen) atoms. The van der Waals surface area contributed by atoms with E-state index < -0.39 is 0 Å². The normalized spacial score (nSPS) is 24.2. The molecule has 0 radical (unpaired) electrons. The van der Waals surface area contributed by atoms with Gasteiger partial charge in [0.05, 0.1) is 6.54 Å². The van der Waals surface area contributed by atoms with Gasteiger partial charge in [0.1, 0.15) is 18.0 Å². The molecule has 0 aromatic heterocycles. The average Bonchev–Trinajstić information content (AvgIpc) is 2.81. The van der Waals surface area contributed by atoms with Crippen LogP contribution < -0.4 is 4.74 Å². The molecule has 6 heteroatoms. The van der Waals surface area contributed by atoms with E-state index in [1.54, 1.807) is 4.90 Å². The highest BCUT2D eigenvalue weighted by atomic mass is 16.6. The minimum Gasteiger partial charge on any atom is -0.492 e. The van der Waals surface area contributed by atoms with Crippen LogP contribution in [0, 0.1) is 0 Å². The first kappa shape index (κ1) is 18.0. The van der Waals surface area contributed by atoms with Crippen LogP contribution in [-0.2, 0) is 11.3 Å². The maximum Gasteiger partial charge on any atom is 0.410 e. The van der Waals surface area contributed by atoms with Crippen LogP contribution in [0.15, 0.2) is 24.3 Å². The molecule has 0 N–H and O–H groups in total. The predicted octanol–water partition coefficient (Wildman–Crippen LogP) is 2.04. The van der Waals surface area contributed by atoms with Crippen molar-refractivity contribution < 1.29 is 14.3 Å². The molecule has 6 nitrogen and oxygen atoms in total. The molecule has 138 valence electrons. The van der Waals surface area contributed by atoms with E-state index >= 15 is 0 Å². The van der Waals surface area contributed by atoms with Crippen molar-refractivity contribution in [3.05, 3.63) is 29.8 Å². The van der Waals surface area contributed by atoms with Crippen LogP contribution in [0.4, 0.5) is 4.79 Å². The first-order valence-electron chi connectivity index (χ1n) is 8.99. The van der Waals surface area contributed by atoms with Gasteiger partial charge < -0.3 is 19.3 Å². The van der Waals surface area contributed by atoms with E-state index in [0.29, 0.717) is 13.2 Å². The summed E-state index contributed by atoms with van der Waals surface area (Å²) in [6.07, 6.45) is 1.81. The number of likely N-dealkylation sites (tertiary alicyclic amines) is 1. The largest absolute Gasteiger partial charge is 0.492 e. The summed E-state index contributed by atoms with van der Waals surface area (Å²) in [5.74, 6) is 0.915. The Morgan fingerprint density at radius 2 is 2.16 bits per heavy atom. The summed E-state index contributed by atoms with van der Waals surface area (Å²) >= 11 is 0. The maximum atomic E-state index is 11.8. The van der Waals surface area contributed by atoms with Gasteiger partial charge in [0.25, 0.3) is 0 Å². The Kier molecular flexibility index (Phi) is 5.49. The van der Waals surface area contributed by atoms with Gasteiger partial charge in [-0.05, 0) is 51.2 Å². The quantitative estimate of drug-likeness (QED) is 0.788. The second-order valence-corrected chi connectivity index (χ2v) is 7.52. The monoisotopic (exact) mass is 347 g/mol. The summed E-state index contributed by atoms with van der Waals surface area (Å²) < 4.78 is 11.5. The minimum absolute atomic E-state index is 0.196. The van der Waals surface area contributed by atoms with Crippen LogP contribution >= 0.6 is 0 Å². The number of ether oxygens (including phenoxy) is 2. The van der Waals surface area contributed by atoms with Crippen molar-refractivity contribution in [1.82, 2.24) is 14.7 Å². The molecule has 2 fully saturated rings. The lowest BCUT2D eigenvalue weighted by Crippen LogP contribution is -2.50. The van der Waals surface area contributed by atoms with Crippen LogP contribution in [0.25, 0.3) is 0 Å². The van der Waals surface area contributed by atoms with Gasteiger partial charge in [0.15, 0.2) is 0 Å². The summed E-state index contributed by atoms with van der Waals surface area (Å²) in [6.45, 7) is 4.97. The van der Waals surface area contributed by atoms with Crippen molar-refractivity contribution in [2.24, 2.45) is 0 Å². The highest BCUT2D eigenvalue weighted by Gasteiger charge is 2.46. The molecule has 2 aliphatic rings. The molecule has 0 bridgehead atoms. The fourth-order valence-electron chi connectivity index (χ4n) is 3.67. The Morgan fingerprint density at radius 1 is 1.32 bits per heavy atom. The molecule has 1 aromatic rings. The van der Waals surface area contributed by atoms with Gasteiger partial charge in [-0.1, -0.05) is 12.1 Å². The molecule has 1 atom stereocenters. The highest BCUT2D eigenvalue weighted by molar-refractivity contribution is 5.70. The minimum atomic E-state index is -0.329. The van der Waals surface area contributed by atoms with Crippen LogP contribution in [0.1, 0.15) is 18.4 Å². The lowest BCUT2D eigenvalue weighted by molar-refractivity contribution is -0.0113. The third kappa shape index (κ3) is 4.64. The van der Waals surface area contributed by atoms with Crippen LogP contribution in [0.3, 0.4) is 0 Å². The number of carbonyl (C=O) groups is 1. The summed E-state index contributed by atoms with van der Waals surface area (Å²) in [4.78, 5) is 17.9. The number of hydrogen-bond donors (Lipinski definition) is 0. The number of nitrogens with zero attached hydrogens (tertiary/aromatic N) is 3. The fourth-order valence-corrected chi connectivity index (χ4v) is 3.67. The molecule has 1 aromatic carbocycles. The van der Waals surface area contributed by atoms with Gasteiger partial charge in [-0.3, -0.25) is 4.90 Å². The molecular formula is C19H29N3O3. The zero-order valence-corrected chi connectivity index (χ0v) is 15.5. The lowest BCUT2D eigenvalue weighted by atomic mass is 9.92. The lowest BCUT2D eigenvalue weighted by Gasteiger charge is -2.38. The summed E-state index contributed by atoms with van der Waals surface area (Å²) in [5, 5.41) is 0. The number of piperidine rings is 1. The molecule has 0 saturated carbocycles. The van der Waals surface area contributed by atoms with E-state index in [4.69, 9.17) is 9.47 Å². The van der Waals surface area contributed by atoms with E-state index in [-0.39, 0.29) is 11.7 Å². The first-order chi connectivity index (χ1) is 12.0. The number of carbonyl (C=O) groups excluding carboxylic acids is 1. The number of rotatable bonds is 6. The first-order valence-corrected chi connectivity index (χ1v) is 8.99. The third-order valence-electron chi connectivity index (χ3n) is 4.87. The number of hydrogen-bond acceptors (Lipinski definition) is 5. The maximum absolute atomic E-state index is 11.8. The van der Waals surface area contributed by atoms with Gasteiger partial charge in [-0.2, -0.15) is 0 Å². The summed E-state index contributed by atoms with van der Waals surface area (Å²) in [6, 6.07) is 8.30. The highest BCUT2D eigenvalue weighted by Crippen LogP contribution is 2.32. The third-order valence-corrected chi connectivity index (χ3v) is 4.87. The van der Waals surface area contributed by atoms with Crippen LogP contribution in [0.2, 0.25) is 0 Å². The summed E-state index contributed by atoms with van der Waals surface area (Å²) in [5.41, 5.74) is 0.904.